The van der Waals surface area contributed by atoms with E-state index in [1.54, 1.807) is 23.3 Å². The second-order valence-electron chi connectivity index (χ2n) is 6.59. The number of hydrogen-bond donors (Lipinski definition) is 1. The molecular weight excluding hydrogens is 350 g/mol. The Morgan fingerprint density at radius 2 is 2.19 bits per heavy atom. The highest BCUT2D eigenvalue weighted by molar-refractivity contribution is 7.22. The number of nitrogens with zero attached hydrogens (tertiary/aromatic N) is 2. The first-order valence-corrected chi connectivity index (χ1v) is 10.2. The number of ether oxygens (including phenoxy) is 2. The predicted octanol–water partition coefficient (Wildman–Crippen LogP) is 1.74. The minimum atomic E-state index is 0.162. The van der Waals surface area contributed by atoms with Gasteiger partial charge >= 0.3 is 0 Å². The molecule has 1 N–H and O–H groups in total. The molecule has 1 amide bonds. The fourth-order valence-corrected chi connectivity index (χ4v) is 4.20. The molecule has 1 aromatic heterocycles. The first-order chi connectivity index (χ1) is 12.7. The minimum Gasteiger partial charge on any atom is -0.497 e. The van der Waals surface area contributed by atoms with Gasteiger partial charge in [-0.05, 0) is 18.6 Å². The molecule has 1 aliphatic rings. The standard InChI is InChI=1S/C19H27N3O3S/c1-3-5-18(23)22(9-4-8-21-10-12-25-13-11-21)19-20-16-14-15(24-2)6-7-17(16)26-19/h6-7,14H,3-5,8-13H2,1-2H3/p+1. The lowest BCUT2D eigenvalue weighted by Gasteiger charge is -2.25. The molecule has 1 saturated heterocycles. The number of quaternary nitrogens is 1. The quantitative estimate of drug-likeness (QED) is 0.760. The van der Waals surface area contributed by atoms with Gasteiger partial charge in [0.25, 0.3) is 0 Å². The Morgan fingerprint density at radius 3 is 2.92 bits per heavy atom. The van der Waals surface area contributed by atoms with Crippen LogP contribution in [0.15, 0.2) is 18.2 Å². The number of thiazole rings is 1. The van der Waals surface area contributed by atoms with Gasteiger partial charge in [0.1, 0.15) is 18.8 Å². The lowest BCUT2D eigenvalue weighted by Crippen LogP contribution is -3.14. The van der Waals surface area contributed by atoms with Crippen LogP contribution in [0.5, 0.6) is 5.75 Å². The molecule has 0 unspecified atom stereocenters. The summed E-state index contributed by atoms with van der Waals surface area (Å²) in [6.45, 7) is 7.63. The molecule has 0 aliphatic carbocycles. The Morgan fingerprint density at radius 1 is 1.38 bits per heavy atom. The second kappa shape index (κ2) is 9.30. The van der Waals surface area contributed by atoms with E-state index in [1.165, 1.54) is 0 Å². The highest BCUT2D eigenvalue weighted by atomic mass is 32.1. The average Bonchev–Trinajstić information content (AvgIpc) is 3.08. The van der Waals surface area contributed by atoms with E-state index in [-0.39, 0.29) is 5.91 Å². The smallest absolute Gasteiger partial charge is 0.228 e. The first-order valence-electron chi connectivity index (χ1n) is 9.37. The van der Waals surface area contributed by atoms with Crippen LogP contribution in [0.25, 0.3) is 10.2 Å². The Balaban J connectivity index is 1.71. The number of nitrogens with one attached hydrogen (secondary N) is 1. The summed E-state index contributed by atoms with van der Waals surface area (Å²) in [6, 6.07) is 5.87. The van der Waals surface area contributed by atoms with Crippen LogP contribution in [0.3, 0.4) is 0 Å². The van der Waals surface area contributed by atoms with Crippen molar-refractivity contribution < 1.29 is 19.2 Å². The molecule has 2 heterocycles. The van der Waals surface area contributed by atoms with Gasteiger partial charge in [-0.15, -0.1) is 0 Å². The SMILES string of the molecule is CCCC(=O)N(CCC[NH+]1CCOCC1)c1nc2cc(OC)ccc2s1. The van der Waals surface area contributed by atoms with Crippen molar-refractivity contribution in [1.29, 1.82) is 0 Å². The van der Waals surface area contributed by atoms with Crippen molar-refractivity contribution in [1.82, 2.24) is 4.98 Å². The molecular formula is C19H28N3O3S+. The van der Waals surface area contributed by atoms with Gasteiger partial charge < -0.3 is 14.4 Å². The van der Waals surface area contributed by atoms with Crippen molar-refractivity contribution in [2.75, 3.05) is 51.4 Å². The molecule has 142 valence electrons. The molecule has 2 aromatic rings. The highest BCUT2D eigenvalue weighted by Crippen LogP contribution is 2.31. The Hall–Kier alpha value is -1.70. The third-order valence-corrected chi connectivity index (χ3v) is 5.75. The zero-order valence-electron chi connectivity index (χ0n) is 15.6. The van der Waals surface area contributed by atoms with Gasteiger partial charge in [0.05, 0.1) is 37.1 Å². The topological polar surface area (TPSA) is 56.1 Å². The molecule has 26 heavy (non-hydrogen) atoms. The summed E-state index contributed by atoms with van der Waals surface area (Å²) in [5, 5.41) is 0.795. The van der Waals surface area contributed by atoms with Crippen molar-refractivity contribution >= 4 is 32.6 Å². The van der Waals surface area contributed by atoms with E-state index in [0.29, 0.717) is 6.42 Å². The maximum absolute atomic E-state index is 12.7. The van der Waals surface area contributed by atoms with E-state index in [2.05, 4.69) is 0 Å². The maximum Gasteiger partial charge on any atom is 0.228 e. The van der Waals surface area contributed by atoms with Crippen molar-refractivity contribution in [3.63, 3.8) is 0 Å². The van der Waals surface area contributed by atoms with Crippen molar-refractivity contribution in [3.8, 4) is 5.75 Å². The molecule has 0 radical (unpaired) electrons. The van der Waals surface area contributed by atoms with Gasteiger partial charge in [-0.25, -0.2) is 4.98 Å². The van der Waals surface area contributed by atoms with Crippen LogP contribution in [0.2, 0.25) is 0 Å². The van der Waals surface area contributed by atoms with Crippen molar-refractivity contribution in [2.24, 2.45) is 0 Å². The van der Waals surface area contributed by atoms with Crippen LogP contribution in [0, 0.1) is 0 Å². The summed E-state index contributed by atoms with van der Waals surface area (Å²) < 4.78 is 11.8. The summed E-state index contributed by atoms with van der Waals surface area (Å²) in [6.07, 6.45) is 2.39. The van der Waals surface area contributed by atoms with Gasteiger partial charge in [-0.2, -0.15) is 0 Å². The third kappa shape index (κ3) is 4.72. The van der Waals surface area contributed by atoms with E-state index in [1.807, 2.05) is 30.0 Å². The van der Waals surface area contributed by atoms with Gasteiger partial charge in [-0.1, -0.05) is 18.3 Å². The fourth-order valence-electron chi connectivity index (χ4n) is 3.21. The zero-order chi connectivity index (χ0) is 18.4. The number of hydrogen-bond acceptors (Lipinski definition) is 5. The Kier molecular flexibility index (Phi) is 6.82. The van der Waals surface area contributed by atoms with Gasteiger partial charge in [0, 0.05) is 25.5 Å². The number of methoxy groups -OCH3 is 1. The molecule has 7 heteroatoms. The van der Waals surface area contributed by atoms with E-state index in [4.69, 9.17) is 14.5 Å². The van der Waals surface area contributed by atoms with Crippen LogP contribution in [-0.4, -0.2) is 57.4 Å². The van der Waals surface area contributed by atoms with E-state index in [9.17, 15) is 4.79 Å². The van der Waals surface area contributed by atoms with Gasteiger partial charge in [-0.3, -0.25) is 9.69 Å². The monoisotopic (exact) mass is 378 g/mol. The number of rotatable bonds is 8. The number of amides is 1. The predicted molar refractivity (Wildman–Crippen MR) is 104 cm³/mol. The molecule has 0 saturated carbocycles. The minimum absolute atomic E-state index is 0.162. The van der Waals surface area contributed by atoms with Crippen LogP contribution < -0.4 is 14.5 Å². The number of benzene rings is 1. The molecule has 0 spiro atoms. The number of aromatic nitrogens is 1. The van der Waals surface area contributed by atoms with Crippen LogP contribution in [-0.2, 0) is 9.53 Å². The third-order valence-electron chi connectivity index (χ3n) is 4.69. The summed E-state index contributed by atoms with van der Waals surface area (Å²) in [7, 11) is 1.65. The second-order valence-corrected chi connectivity index (χ2v) is 7.60. The van der Waals surface area contributed by atoms with Crippen molar-refractivity contribution in [2.45, 2.75) is 26.2 Å². The number of fused-ring (bicyclic) bond motifs is 1. The fraction of sp³-hybridized carbons (Fsp3) is 0.579. The number of morpholine rings is 1. The van der Waals surface area contributed by atoms with E-state index in [0.717, 1.165) is 73.3 Å². The van der Waals surface area contributed by atoms with E-state index >= 15 is 0 Å². The zero-order valence-corrected chi connectivity index (χ0v) is 16.4. The van der Waals surface area contributed by atoms with Crippen LogP contribution in [0.4, 0.5) is 5.13 Å². The lowest BCUT2D eigenvalue weighted by atomic mass is 10.2. The molecule has 6 nitrogen and oxygen atoms in total. The van der Waals surface area contributed by atoms with Gasteiger partial charge in [0.2, 0.25) is 5.91 Å². The Labute approximate surface area is 158 Å². The molecule has 0 atom stereocenters. The molecule has 1 aliphatic heterocycles. The first kappa shape index (κ1) is 19.1. The Bertz CT molecular complexity index is 728. The summed E-state index contributed by atoms with van der Waals surface area (Å²) >= 11 is 1.58. The molecule has 1 fully saturated rings. The van der Waals surface area contributed by atoms with Gasteiger partial charge in [0.15, 0.2) is 5.13 Å². The summed E-state index contributed by atoms with van der Waals surface area (Å²) in [5.74, 6) is 0.951. The largest absolute Gasteiger partial charge is 0.497 e. The maximum atomic E-state index is 12.7. The highest BCUT2D eigenvalue weighted by Gasteiger charge is 2.20. The average molecular weight is 379 g/mol. The number of carbonyl (C=O) groups is 1. The van der Waals surface area contributed by atoms with Crippen LogP contribution >= 0.6 is 11.3 Å². The van der Waals surface area contributed by atoms with E-state index < -0.39 is 0 Å². The number of carbonyl (C=O) groups excluding carboxylic acids is 1. The summed E-state index contributed by atoms with van der Waals surface area (Å²) in [5.41, 5.74) is 0.887. The normalized spacial score (nSPS) is 15.3. The van der Waals surface area contributed by atoms with Crippen molar-refractivity contribution in [3.05, 3.63) is 18.2 Å². The molecule has 0 bridgehead atoms. The summed E-state index contributed by atoms with van der Waals surface area (Å²) in [4.78, 5) is 20.8. The number of anilines is 1. The van der Waals surface area contributed by atoms with Crippen LogP contribution in [0.1, 0.15) is 26.2 Å². The lowest BCUT2D eigenvalue weighted by molar-refractivity contribution is -0.908. The molecule has 1 aromatic carbocycles. The molecule has 3 rings (SSSR count).